The monoisotopic (exact) mass is 308 g/mol. The Kier molecular flexibility index (Phi) is 6.43. The average molecular weight is 308 g/mol. The van der Waals surface area contributed by atoms with Gasteiger partial charge in [0.2, 0.25) is 5.91 Å². The summed E-state index contributed by atoms with van der Waals surface area (Å²) in [4.78, 5) is 28.1. The summed E-state index contributed by atoms with van der Waals surface area (Å²) >= 11 is 0. The lowest BCUT2D eigenvalue weighted by Crippen LogP contribution is -2.46. The van der Waals surface area contributed by atoms with E-state index in [1.54, 1.807) is 0 Å². The summed E-state index contributed by atoms with van der Waals surface area (Å²) in [6.07, 6.45) is 9.34. The molecule has 0 aromatic heterocycles. The number of esters is 1. The summed E-state index contributed by atoms with van der Waals surface area (Å²) in [5.41, 5.74) is 0. The molecule has 1 aliphatic carbocycles. The van der Waals surface area contributed by atoms with Crippen molar-refractivity contribution >= 4 is 11.9 Å². The van der Waals surface area contributed by atoms with Gasteiger partial charge in [-0.25, -0.2) is 0 Å². The van der Waals surface area contributed by atoms with Crippen LogP contribution in [0.25, 0.3) is 0 Å². The van der Waals surface area contributed by atoms with Crippen molar-refractivity contribution in [1.82, 2.24) is 9.80 Å². The summed E-state index contributed by atoms with van der Waals surface area (Å²) in [7, 11) is 2.02. The largest absolute Gasteiger partial charge is 0.466 e. The molecule has 1 fully saturated rings. The highest BCUT2D eigenvalue weighted by molar-refractivity contribution is 5.79. The number of carbonyl (C=O) groups is 2. The first kappa shape index (κ1) is 17.0. The molecule has 5 nitrogen and oxygen atoms in total. The quantitative estimate of drug-likeness (QED) is 0.574. The molecule has 124 valence electrons. The molecule has 1 atom stereocenters. The SMILES string of the molecule is CCOC(=O)C1CCN(C(=O)CN(C)[C@H]2C=CCCC2)CC1. The maximum atomic E-state index is 12.4. The number of rotatable bonds is 5. The fourth-order valence-corrected chi connectivity index (χ4v) is 3.22. The lowest BCUT2D eigenvalue weighted by molar-refractivity contribution is -0.151. The second kappa shape index (κ2) is 8.32. The Bertz CT molecular complexity index is 414. The van der Waals surface area contributed by atoms with Crippen LogP contribution >= 0.6 is 0 Å². The second-order valence-electron chi connectivity index (χ2n) is 6.25. The third-order valence-corrected chi connectivity index (χ3v) is 4.65. The third-order valence-electron chi connectivity index (χ3n) is 4.65. The van der Waals surface area contributed by atoms with Gasteiger partial charge in [0.1, 0.15) is 0 Å². The lowest BCUT2D eigenvalue weighted by Gasteiger charge is -2.33. The summed E-state index contributed by atoms with van der Waals surface area (Å²) in [6.45, 7) is 4.04. The Labute approximate surface area is 133 Å². The zero-order valence-electron chi connectivity index (χ0n) is 13.8. The number of carbonyl (C=O) groups excluding carboxylic acids is 2. The van der Waals surface area contributed by atoms with E-state index in [1.807, 2.05) is 18.9 Å². The molecule has 0 bridgehead atoms. The smallest absolute Gasteiger partial charge is 0.309 e. The van der Waals surface area contributed by atoms with Gasteiger partial charge in [0, 0.05) is 19.1 Å². The molecular weight excluding hydrogens is 280 g/mol. The van der Waals surface area contributed by atoms with Crippen molar-refractivity contribution in [2.24, 2.45) is 5.92 Å². The predicted octanol–water partition coefficient (Wildman–Crippen LogP) is 1.83. The molecule has 0 aromatic rings. The molecule has 2 rings (SSSR count). The van der Waals surface area contributed by atoms with Gasteiger partial charge in [0.25, 0.3) is 0 Å². The Hall–Kier alpha value is -1.36. The Morgan fingerprint density at radius 2 is 2.00 bits per heavy atom. The molecule has 0 aromatic carbocycles. The van der Waals surface area contributed by atoms with Crippen LogP contribution in [0.3, 0.4) is 0 Å². The maximum absolute atomic E-state index is 12.4. The second-order valence-corrected chi connectivity index (χ2v) is 6.25. The van der Waals surface area contributed by atoms with Crippen molar-refractivity contribution in [3.05, 3.63) is 12.2 Å². The van der Waals surface area contributed by atoms with Gasteiger partial charge in [-0.15, -0.1) is 0 Å². The highest BCUT2D eigenvalue weighted by Crippen LogP contribution is 2.20. The lowest BCUT2D eigenvalue weighted by atomic mass is 9.97. The van der Waals surface area contributed by atoms with Crippen LogP contribution in [0.2, 0.25) is 0 Å². The molecule has 0 radical (unpaired) electrons. The number of piperidine rings is 1. The first-order valence-corrected chi connectivity index (χ1v) is 8.43. The molecule has 1 heterocycles. The number of nitrogens with zero attached hydrogens (tertiary/aromatic N) is 2. The summed E-state index contributed by atoms with van der Waals surface area (Å²) in [6, 6.07) is 0.384. The van der Waals surface area contributed by atoms with Gasteiger partial charge < -0.3 is 9.64 Å². The number of hydrogen-bond donors (Lipinski definition) is 0. The van der Waals surface area contributed by atoms with E-state index in [2.05, 4.69) is 17.1 Å². The van der Waals surface area contributed by atoms with Gasteiger partial charge in [0.05, 0.1) is 19.1 Å². The van der Waals surface area contributed by atoms with Crippen LogP contribution in [-0.4, -0.2) is 61.0 Å². The third kappa shape index (κ3) is 4.57. The fraction of sp³-hybridized carbons (Fsp3) is 0.765. The molecule has 5 heteroatoms. The minimum atomic E-state index is -0.112. The van der Waals surface area contributed by atoms with Crippen molar-refractivity contribution in [2.45, 2.75) is 45.1 Å². The molecule has 2 aliphatic rings. The summed E-state index contributed by atoms with van der Waals surface area (Å²) in [5, 5.41) is 0. The number of allylic oxidation sites excluding steroid dienone is 1. The molecule has 1 saturated heterocycles. The Morgan fingerprint density at radius 3 is 2.59 bits per heavy atom. The van der Waals surface area contributed by atoms with E-state index < -0.39 is 0 Å². The first-order chi connectivity index (χ1) is 10.6. The van der Waals surface area contributed by atoms with Gasteiger partial charge in [0.15, 0.2) is 0 Å². The van der Waals surface area contributed by atoms with Crippen LogP contribution in [0.15, 0.2) is 12.2 Å². The van der Waals surface area contributed by atoms with E-state index in [9.17, 15) is 9.59 Å². The minimum Gasteiger partial charge on any atom is -0.466 e. The van der Waals surface area contributed by atoms with Gasteiger partial charge in [-0.2, -0.15) is 0 Å². The van der Waals surface area contributed by atoms with Gasteiger partial charge in [-0.3, -0.25) is 14.5 Å². The fourth-order valence-electron chi connectivity index (χ4n) is 3.22. The van der Waals surface area contributed by atoms with Gasteiger partial charge in [-0.05, 0) is 46.1 Å². The van der Waals surface area contributed by atoms with Crippen molar-refractivity contribution in [3.8, 4) is 0 Å². The topological polar surface area (TPSA) is 49.9 Å². The number of likely N-dealkylation sites (tertiary alicyclic amines) is 1. The predicted molar refractivity (Wildman–Crippen MR) is 85.3 cm³/mol. The minimum absolute atomic E-state index is 0.0389. The molecular formula is C17H28N2O3. The Balaban J connectivity index is 1.76. The van der Waals surface area contributed by atoms with E-state index in [1.165, 1.54) is 6.42 Å². The molecule has 0 saturated carbocycles. The maximum Gasteiger partial charge on any atom is 0.309 e. The molecule has 22 heavy (non-hydrogen) atoms. The number of hydrogen-bond acceptors (Lipinski definition) is 4. The zero-order valence-corrected chi connectivity index (χ0v) is 13.8. The van der Waals surface area contributed by atoms with Crippen molar-refractivity contribution in [2.75, 3.05) is 33.3 Å². The standard InChI is InChI=1S/C17H28N2O3/c1-3-22-17(21)14-9-11-19(12-10-14)16(20)13-18(2)15-7-5-4-6-8-15/h5,7,14-15H,3-4,6,8-13H2,1-2H3/t15-/m0/s1. The highest BCUT2D eigenvalue weighted by atomic mass is 16.5. The number of likely N-dealkylation sites (N-methyl/N-ethyl adjacent to an activating group) is 1. The molecule has 0 N–H and O–H groups in total. The zero-order chi connectivity index (χ0) is 15.9. The van der Waals surface area contributed by atoms with Crippen LogP contribution in [0.4, 0.5) is 0 Å². The van der Waals surface area contributed by atoms with Gasteiger partial charge in [-0.1, -0.05) is 12.2 Å². The molecule has 1 aliphatic heterocycles. The molecule has 1 amide bonds. The molecule has 0 spiro atoms. The van der Waals surface area contributed by atoms with E-state index >= 15 is 0 Å². The van der Waals surface area contributed by atoms with E-state index in [-0.39, 0.29) is 17.8 Å². The van der Waals surface area contributed by atoms with Crippen LogP contribution in [-0.2, 0) is 14.3 Å². The number of amides is 1. The van der Waals surface area contributed by atoms with Gasteiger partial charge >= 0.3 is 5.97 Å². The van der Waals surface area contributed by atoms with Crippen LogP contribution in [0.1, 0.15) is 39.0 Å². The van der Waals surface area contributed by atoms with Crippen LogP contribution < -0.4 is 0 Å². The van der Waals surface area contributed by atoms with Crippen molar-refractivity contribution in [1.29, 1.82) is 0 Å². The average Bonchev–Trinajstić information content (AvgIpc) is 2.56. The van der Waals surface area contributed by atoms with Crippen molar-refractivity contribution in [3.63, 3.8) is 0 Å². The van der Waals surface area contributed by atoms with E-state index in [0.717, 1.165) is 25.7 Å². The highest BCUT2D eigenvalue weighted by Gasteiger charge is 2.29. The normalized spacial score (nSPS) is 22.9. The molecule has 0 unspecified atom stereocenters. The van der Waals surface area contributed by atoms with Crippen LogP contribution in [0.5, 0.6) is 0 Å². The number of ether oxygens (including phenoxy) is 1. The summed E-state index contributed by atoms with van der Waals surface area (Å²) < 4.78 is 5.06. The van der Waals surface area contributed by atoms with Crippen LogP contribution in [0, 0.1) is 5.92 Å². The van der Waals surface area contributed by atoms with E-state index in [4.69, 9.17) is 4.74 Å². The van der Waals surface area contributed by atoms with E-state index in [0.29, 0.717) is 32.3 Å². The first-order valence-electron chi connectivity index (χ1n) is 8.43. The Morgan fingerprint density at radius 1 is 1.27 bits per heavy atom. The van der Waals surface area contributed by atoms with Crippen molar-refractivity contribution < 1.29 is 14.3 Å². The summed E-state index contributed by atoms with van der Waals surface area (Å²) in [5.74, 6) is 0.0193.